The molecule has 1 aromatic carbocycles. The number of sulfonamides is 1. The Morgan fingerprint density at radius 2 is 1.86 bits per heavy atom. The van der Waals surface area contributed by atoms with E-state index in [1.54, 1.807) is 31.2 Å². The van der Waals surface area contributed by atoms with Gasteiger partial charge in [0.05, 0.1) is 29.6 Å². The van der Waals surface area contributed by atoms with E-state index in [4.69, 9.17) is 25.8 Å². The number of rotatable bonds is 9. The van der Waals surface area contributed by atoms with Crippen molar-refractivity contribution in [2.24, 2.45) is 17.8 Å². The van der Waals surface area contributed by atoms with Crippen molar-refractivity contribution in [2.75, 3.05) is 13.7 Å². The number of pyridine rings is 1. The van der Waals surface area contributed by atoms with Crippen LogP contribution < -0.4 is 24.8 Å². The minimum atomic E-state index is -4.92. The third-order valence-corrected chi connectivity index (χ3v) is 14.7. The van der Waals surface area contributed by atoms with Crippen molar-refractivity contribution in [1.29, 1.82) is 0 Å². The van der Waals surface area contributed by atoms with E-state index >= 15 is 0 Å². The van der Waals surface area contributed by atoms with Crippen LogP contribution in [0.2, 0.25) is 5.02 Å². The number of fused-ring (bicyclic) bond motifs is 3. The largest absolute Gasteiger partial charge is 0.494 e. The van der Waals surface area contributed by atoms with E-state index in [1.807, 2.05) is 13.0 Å². The fourth-order valence-electron chi connectivity index (χ4n) is 7.87. The van der Waals surface area contributed by atoms with Crippen LogP contribution in [0.5, 0.6) is 11.6 Å². The monoisotopic (exact) mass is 869 g/mol. The van der Waals surface area contributed by atoms with Crippen molar-refractivity contribution in [2.45, 2.75) is 126 Å². The molecule has 0 spiro atoms. The van der Waals surface area contributed by atoms with Gasteiger partial charge in [-0.2, -0.15) is 13.2 Å². The number of nitrogens with zero attached hydrogens (tertiary/aromatic N) is 2. The summed E-state index contributed by atoms with van der Waals surface area (Å²) in [4.78, 5) is 62.3. The molecule has 3 fully saturated rings. The van der Waals surface area contributed by atoms with Crippen LogP contribution in [0, 0.1) is 17.8 Å². The Labute approximate surface area is 346 Å². The van der Waals surface area contributed by atoms with Gasteiger partial charge in [-0.15, -0.1) is 0 Å². The lowest BCUT2D eigenvalue weighted by molar-refractivity contribution is -0.244. The van der Waals surface area contributed by atoms with Gasteiger partial charge < -0.3 is 29.7 Å². The summed E-state index contributed by atoms with van der Waals surface area (Å²) in [6.45, 7) is 6.42. The summed E-state index contributed by atoms with van der Waals surface area (Å²) in [7, 11) is -2.64. The maximum atomic E-state index is 14.9. The summed E-state index contributed by atoms with van der Waals surface area (Å²) >= 11 is 6.53. The van der Waals surface area contributed by atoms with Crippen LogP contribution in [0.1, 0.15) is 86.0 Å². The molecule has 6 rings (SSSR count). The van der Waals surface area contributed by atoms with Crippen LogP contribution in [-0.4, -0.2) is 96.0 Å². The van der Waals surface area contributed by atoms with E-state index in [0.717, 1.165) is 0 Å². The number of methoxy groups -OCH3 is 1. The standard InChI is InChI=1S/C40H51ClF3N5O9S/c1-7-23-17-22(2)11-8-9-12-24-19-39(24,35(52)48-59(54,55)38(5)15-16-38)47-32(50)28-18-25(57-33-26-13-10-14-27(41)30(26)29(56-6)20-45-33)21-49(28)34(51)31(23)46-36(53)58-37(3,4)40(42,43)44/h9-10,12-14,20,22-25,28,31H,7-8,11,15-19,21H2,1-6H3,(H,46,53)(H,47,50)(H,48,52)/b12-9-/t22-,23-,24-,25-,28+,31+,39-/m1/s1. The first kappa shape index (κ1) is 44.2. The highest BCUT2D eigenvalue weighted by molar-refractivity contribution is 7.91. The predicted molar refractivity (Wildman–Crippen MR) is 211 cm³/mol. The number of benzene rings is 1. The van der Waals surface area contributed by atoms with Gasteiger partial charge in [0.2, 0.25) is 33.3 Å². The smallest absolute Gasteiger partial charge is 0.427 e. The van der Waals surface area contributed by atoms with Crippen LogP contribution >= 0.6 is 11.6 Å². The normalized spacial score (nSPS) is 29.2. The maximum absolute atomic E-state index is 14.9. The van der Waals surface area contributed by atoms with Crippen LogP contribution in [0.15, 0.2) is 36.5 Å². The summed E-state index contributed by atoms with van der Waals surface area (Å²) in [5, 5.41) is 6.54. The fourth-order valence-corrected chi connectivity index (χ4v) is 9.45. The Morgan fingerprint density at radius 3 is 2.51 bits per heavy atom. The number of aromatic nitrogens is 1. The summed E-state index contributed by atoms with van der Waals surface area (Å²) < 4.78 is 85.6. The lowest BCUT2D eigenvalue weighted by Crippen LogP contribution is -2.60. The molecule has 3 heterocycles. The second-order valence-electron chi connectivity index (χ2n) is 17.0. The first-order valence-electron chi connectivity index (χ1n) is 19.8. The van der Waals surface area contributed by atoms with E-state index in [9.17, 15) is 40.8 Å². The maximum Gasteiger partial charge on any atom is 0.427 e. The SMILES string of the molecule is CC[C@@H]1C[C@H](C)CC/C=C\[C@@H]2C[C@@]2(C(=O)NS(=O)(=O)C2(C)CC2)NC(=O)[C@@H]2C[C@@H](Oc3ncc(OC)c4c(Cl)cccc34)CN2C(=O)[C@H]1NC(=O)OC(C)(C)C(F)(F)F. The first-order valence-corrected chi connectivity index (χ1v) is 21.6. The fraction of sp³-hybridized carbons (Fsp3) is 0.625. The van der Waals surface area contributed by atoms with E-state index in [0.29, 0.717) is 73.9 Å². The molecule has 2 aliphatic heterocycles. The molecule has 2 saturated carbocycles. The Morgan fingerprint density at radius 1 is 1.15 bits per heavy atom. The van der Waals surface area contributed by atoms with Gasteiger partial charge in [0.25, 0.3) is 5.91 Å². The number of alkyl halides is 3. The molecule has 324 valence electrons. The molecule has 0 bridgehead atoms. The lowest BCUT2D eigenvalue weighted by Gasteiger charge is -2.35. The van der Waals surface area contributed by atoms with E-state index in [1.165, 1.54) is 25.1 Å². The van der Waals surface area contributed by atoms with Crippen LogP contribution in [0.4, 0.5) is 18.0 Å². The van der Waals surface area contributed by atoms with E-state index in [-0.39, 0.29) is 31.2 Å². The average Bonchev–Trinajstić information content (AvgIpc) is 4.04. The number of ether oxygens (including phenoxy) is 3. The van der Waals surface area contributed by atoms with Gasteiger partial charge in [-0.05, 0) is 83.3 Å². The van der Waals surface area contributed by atoms with Crippen molar-refractivity contribution in [1.82, 2.24) is 25.2 Å². The molecular weight excluding hydrogens is 819 g/mol. The molecule has 1 saturated heterocycles. The highest BCUT2D eigenvalue weighted by Crippen LogP contribution is 2.48. The summed E-state index contributed by atoms with van der Waals surface area (Å²) in [6, 6.07) is 2.26. The first-order chi connectivity index (χ1) is 27.6. The molecule has 19 heteroatoms. The molecular formula is C40H51ClF3N5O9S. The topological polar surface area (TPSA) is 182 Å². The van der Waals surface area contributed by atoms with Gasteiger partial charge in [-0.3, -0.25) is 19.1 Å². The van der Waals surface area contributed by atoms with Crippen LogP contribution in [-0.2, 0) is 29.1 Å². The summed E-state index contributed by atoms with van der Waals surface area (Å²) in [5.41, 5.74) is -4.56. The van der Waals surface area contributed by atoms with Crippen LogP contribution in [0.3, 0.4) is 0 Å². The minimum absolute atomic E-state index is 0.0439. The molecule has 3 N–H and O–H groups in total. The second-order valence-corrected chi connectivity index (χ2v) is 19.6. The predicted octanol–water partition coefficient (Wildman–Crippen LogP) is 5.96. The third-order valence-electron chi connectivity index (χ3n) is 12.2. The number of amides is 4. The summed E-state index contributed by atoms with van der Waals surface area (Å²) in [6.07, 6.45) is 0.291. The highest BCUT2D eigenvalue weighted by Gasteiger charge is 2.63. The number of alkyl carbamates (subject to hydrolysis) is 1. The number of hydrogen-bond acceptors (Lipinski definition) is 10. The van der Waals surface area contributed by atoms with Crippen molar-refractivity contribution in [3.63, 3.8) is 0 Å². The second kappa shape index (κ2) is 16.3. The number of halogens is 4. The van der Waals surface area contributed by atoms with Crippen molar-refractivity contribution >= 4 is 56.2 Å². The highest BCUT2D eigenvalue weighted by atomic mass is 35.5. The molecule has 2 aliphatic carbocycles. The molecule has 4 amide bonds. The Hall–Kier alpha value is -4.32. The minimum Gasteiger partial charge on any atom is -0.494 e. The number of nitrogens with one attached hydrogen (secondary N) is 3. The van der Waals surface area contributed by atoms with Crippen molar-refractivity contribution < 1.29 is 55.0 Å². The molecule has 4 aliphatic rings. The number of carbonyl (C=O) groups is 4. The average molecular weight is 870 g/mol. The van der Waals surface area contributed by atoms with Crippen molar-refractivity contribution in [3.05, 3.63) is 41.6 Å². The third kappa shape index (κ3) is 8.93. The summed E-state index contributed by atoms with van der Waals surface area (Å²) in [5.74, 6) is -3.21. The van der Waals surface area contributed by atoms with Crippen LogP contribution in [0.25, 0.3) is 10.8 Å². The van der Waals surface area contributed by atoms with Gasteiger partial charge in [-0.25, -0.2) is 18.2 Å². The van der Waals surface area contributed by atoms with Gasteiger partial charge in [0, 0.05) is 23.1 Å². The Balaban J connectivity index is 1.38. The molecule has 0 unspecified atom stereocenters. The number of carbonyl (C=O) groups excluding carboxylic acids is 4. The van der Waals surface area contributed by atoms with Gasteiger partial charge in [-0.1, -0.05) is 50.1 Å². The number of allylic oxidation sites excluding steroid dienone is 1. The van der Waals surface area contributed by atoms with Gasteiger partial charge in [0.15, 0.2) is 0 Å². The Bertz CT molecular complexity index is 2130. The number of hydrogen-bond donors (Lipinski definition) is 3. The molecule has 2 aromatic rings. The van der Waals surface area contributed by atoms with Gasteiger partial charge in [0.1, 0.15) is 29.5 Å². The molecule has 14 nitrogen and oxygen atoms in total. The zero-order chi connectivity index (χ0) is 43.3. The zero-order valence-electron chi connectivity index (χ0n) is 33.8. The molecule has 1 aromatic heterocycles. The molecule has 0 radical (unpaired) electrons. The molecule has 59 heavy (non-hydrogen) atoms. The van der Waals surface area contributed by atoms with E-state index < -0.39 is 85.9 Å². The quantitative estimate of drug-likeness (QED) is 0.255. The van der Waals surface area contributed by atoms with Gasteiger partial charge >= 0.3 is 12.3 Å². The zero-order valence-corrected chi connectivity index (χ0v) is 35.4. The van der Waals surface area contributed by atoms with E-state index in [2.05, 4.69) is 20.3 Å². The molecule has 7 atom stereocenters. The lowest BCUT2D eigenvalue weighted by atomic mass is 9.85. The van der Waals surface area contributed by atoms with Crippen molar-refractivity contribution in [3.8, 4) is 11.6 Å². The Kier molecular flexibility index (Phi) is 12.2.